The van der Waals surface area contributed by atoms with E-state index in [1.54, 1.807) is 0 Å². The molecule has 0 saturated heterocycles. The Morgan fingerprint density at radius 1 is 0.394 bits per heavy atom. The summed E-state index contributed by atoms with van der Waals surface area (Å²) in [5, 5.41) is 0. The maximum atomic E-state index is 2.68. The fraction of sp³-hybridized carbons (Fsp3) is 0.238. The zero-order chi connectivity index (χ0) is 45.9. The van der Waals surface area contributed by atoms with Gasteiger partial charge in [-0.2, -0.15) is 0 Å². The molecule has 2 nitrogen and oxygen atoms in total. The first kappa shape index (κ1) is 42.1. The fourth-order valence-corrected chi connectivity index (χ4v) is 11.7. The highest BCUT2D eigenvalue weighted by Gasteiger charge is 2.48. The van der Waals surface area contributed by atoms with Crippen molar-refractivity contribution in [2.45, 2.75) is 97.3 Å². The van der Waals surface area contributed by atoms with Crippen molar-refractivity contribution in [3.05, 3.63) is 198 Å². The zero-order valence-electron chi connectivity index (χ0n) is 40.4. The maximum absolute atomic E-state index is 2.68. The summed E-state index contributed by atoms with van der Waals surface area (Å²) in [5.41, 5.74) is 24.2. The van der Waals surface area contributed by atoms with Crippen molar-refractivity contribution in [3.8, 4) is 33.4 Å². The van der Waals surface area contributed by atoms with E-state index in [0.29, 0.717) is 0 Å². The van der Waals surface area contributed by atoms with Crippen molar-refractivity contribution in [3.63, 3.8) is 0 Å². The summed E-state index contributed by atoms with van der Waals surface area (Å²) in [5.74, 6) is 0. The van der Waals surface area contributed by atoms with Gasteiger partial charge in [0.2, 0.25) is 0 Å². The minimum atomic E-state index is -0.140. The van der Waals surface area contributed by atoms with Crippen LogP contribution in [-0.4, -0.2) is 6.71 Å². The Balaban J connectivity index is 1.28. The monoisotopic (exact) mass is 856 g/mol. The van der Waals surface area contributed by atoms with Gasteiger partial charge in [0, 0.05) is 34.0 Å². The summed E-state index contributed by atoms with van der Waals surface area (Å²) in [6, 6.07) is 66.9. The van der Waals surface area contributed by atoms with E-state index >= 15 is 0 Å². The Morgan fingerprint density at radius 2 is 0.924 bits per heavy atom. The Hall–Kier alpha value is -6.58. The molecule has 2 aliphatic heterocycles. The summed E-state index contributed by atoms with van der Waals surface area (Å²) in [6.45, 7) is 23.9. The first-order chi connectivity index (χ1) is 31.5. The fourth-order valence-electron chi connectivity index (χ4n) is 11.7. The molecule has 326 valence electrons. The second kappa shape index (κ2) is 15.0. The molecule has 1 aliphatic carbocycles. The van der Waals surface area contributed by atoms with E-state index in [2.05, 4.69) is 255 Å². The zero-order valence-corrected chi connectivity index (χ0v) is 40.4. The molecule has 8 aromatic rings. The first-order valence-electron chi connectivity index (χ1n) is 24.0. The number of hydrogen-bond donors (Lipinski definition) is 0. The maximum Gasteiger partial charge on any atom is 0.252 e. The Morgan fingerprint density at radius 3 is 1.53 bits per heavy atom. The molecule has 0 N–H and O–H groups in total. The largest absolute Gasteiger partial charge is 0.311 e. The van der Waals surface area contributed by atoms with Gasteiger partial charge in [-0.15, -0.1) is 0 Å². The number of fused-ring (bicyclic) bond motifs is 5. The molecule has 0 unspecified atom stereocenters. The molecule has 0 radical (unpaired) electrons. The van der Waals surface area contributed by atoms with Gasteiger partial charge in [0.15, 0.2) is 0 Å². The minimum absolute atomic E-state index is 0.00230. The number of benzene rings is 8. The third-order valence-electron chi connectivity index (χ3n) is 14.9. The van der Waals surface area contributed by atoms with Crippen LogP contribution in [0.4, 0.5) is 34.1 Å². The SMILES string of the molecule is CC(C)(C)c1ccc(N2c3cc4c(cc3B3c5ccc(-c6ccccc6)cc5N(c5cccc(-c6ccccc6)c5)c5cc(C(C)(C)C)cc2c53)C(C)(C)CC4(C)C)c(-c2ccccc2)c1. The van der Waals surface area contributed by atoms with Crippen molar-refractivity contribution in [2.75, 3.05) is 9.80 Å². The Labute approximate surface area is 394 Å². The van der Waals surface area contributed by atoms with Crippen LogP contribution >= 0.6 is 0 Å². The summed E-state index contributed by atoms with van der Waals surface area (Å²) in [6.07, 6.45) is 1.10. The van der Waals surface area contributed by atoms with Crippen molar-refractivity contribution in [1.82, 2.24) is 0 Å². The van der Waals surface area contributed by atoms with E-state index in [9.17, 15) is 0 Å². The van der Waals surface area contributed by atoms with Gasteiger partial charge < -0.3 is 9.80 Å². The first-order valence-corrected chi connectivity index (χ1v) is 24.0. The normalized spacial score (nSPS) is 15.5. The van der Waals surface area contributed by atoms with Crippen LogP contribution in [-0.2, 0) is 21.7 Å². The smallest absolute Gasteiger partial charge is 0.252 e. The molecule has 0 amide bonds. The van der Waals surface area contributed by atoms with Crippen LogP contribution in [0.25, 0.3) is 33.4 Å². The quantitative estimate of drug-likeness (QED) is 0.159. The molecule has 2 heterocycles. The summed E-state index contributed by atoms with van der Waals surface area (Å²) in [7, 11) is 0. The van der Waals surface area contributed by atoms with Gasteiger partial charge in [-0.3, -0.25) is 0 Å². The van der Waals surface area contributed by atoms with Crippen LogP contribution in [0.1, 0.15) is 97.9 Å². The predicted octanol–water partition coefficient (Wildman–Crippen LogP) is 15.3. The predicted molar refractivity (Wildman–Crippen MR) is 285 cm³/mol. The van der Waals surface area contributed by atoms with E-state index < -0.39 is 0 Å². The van der Waals surface area contributed by atoms with Gasteiger partial charge in [-0.05, 0) is 143 Å². The lowest BCUT2D eigenvalue weighted by molar-refractivity contribution is 0.403. The van der Waals surface area contributed by atoms with E-state index in [1.807, 2.05) is 0 Å². The molecule has 0 spiro atoms. The van der Waals surface area contributed by atoms with Crippen molar-refractivity contribution >= 4 is 57.2 Å². The number of anilines is 6. The molecule has 0 aromatic heterocycles. The van der Waals surface area contributed by atoms with Gasteiger partial charge in [0.25, 0.3) is 6.71 Å². The molecular formula is C63H61BN2. The Bertz CT molecular complexity index is 3180. The topological polar surface area (TPSA) is 6.48 Å². The van der Waals surface area contributed by atoms with Crippen molar-refractivity contribution in [2.24, 2.45) is 0 Å². The second-order valence-electron chi connectivity index (χ2n) is 22.6. The van der Waals surface area contributed by atoms with E-state index in [1.165, 1.54) is 100 Å². The molecular weight excluding hydrogens is 796 g/mol. The van der Waals surface area contributed by atoms with E-state index in [-0.39, 0.29) is 28.4 Å². The lowest BCUT2D eigenvalue weighted by Crippen LogP contribution is -2.61. The summed E-state index contributed by atoms with van der Waals surface area (Å²) >= 11 is 0. The standard InChI is InChI=1S/C63H61BN2/c1-60(2,3)46-30-32-54(49(35-46)43-25-18-13-19-26-43)66-56-39-51-50(62(7,8)40-63(51,9)10)38-53(56)64-52-31-29-45(42-23-16-12-17-24-42)34-55(52)65(57-36-47(61(4,5)6)37-58(66)59(57)64)48-28-20-27-44(33-48)41-21-14-11-15-22-41/h11-39H,40H2,1-10H3. The van der Waals surface area contributed by atoms with Crippen LogP contribution in [0, 0.1) is 0 Å². The minimum Gasteiger partial charge on any atom is -0.311 e. The highest BCUT2D eigenvalue weighted by atomic mass is 15.2. The lowest BCUT2D eigenvalue weighted by atomic mass is 9.33. The average molecular weight is 857 g/mol. The highest BCUT2D eigenvalue weighted by molar-refractivity contribution is 7.00. The van der Waals surface area contributed by atoms with Crippen LogP contribution in [0.5, 0.6) is 0 Å². The highest BCUT2D eigenvalue weighted by Crippen LogP contribution is 2.54. The van der Waals surface area contributed by atoms with Crippen molar-refractivity contribution < 1.29 is 0 Å². The van der Waals surface area contributed by atoms with Crippen molar-refractivity contribution in [1.29, 1.82) is 0 Å². The van der Waals surface area contributed by atoms with Gasteiger partial charge >= 0.3 is 0 Å². The third-order valence-corrected chi connectivity index (χ3v) is 14.9. The molecule has 0 bridgehead atoms. The van der Waals surface area contributed by atoms with Crippen LogP contribution in [0.3, 0.4) is 0 Å². The molecule has 0 atom stereocenters. The van der Waals surface area contributed by atoms with Gasteiger partial charge in [-0.1, -0.05) is 197 Å². The van der Waals surface area contributed by atoms with E-state index in [4.69, 9.17) is 0 Å². The van der Waals surface area contributed by atoms with E-state index in [0.717, 1.165) is 12.1 Å². The molecule has 3 heteroatoms. The van der Waals surface area contributed by atoms with Gasteiger partial charge in [-0.25, -0.2) is 0 Å². The summed E-state index contributed by atoms with van der Waals surface area (Å²) < 4.78 is 0. The molecule has 0 saturated carbocycles. The Kier molecular flexibility index (Phi) is 9.55. The van der Waals surface area contributed by atoms with Crippen LogP contribution < -0.4 is 26.2 Å². The molecule has 11 rings (SSSR count). The molecule has 0 fully saturated rings. The van der Waals surface area contributed by atoms with Crippen LogP contribution in [0.2, 0.25) is 0 Å². The molecule has 66 heavy (non-hydrogen) atoms. The van der Waals surface area contributed by atoms with Crippen LogP contribution in [0.15, 0.2) is 176 Å². The number of hydrogen-bond acceptors (Lipinski definition) is 2. The lowest BCUT2D eigenvalue weighted by Gasteiger charge is -2.46. The second-order valence-corrected chi connectivity index (χ2v) is 22.6. The summed E-state index contributed by atoms with van der Waals surface area (Å²) in [4.78, 5) is 5.28. The third kappa shape index (κ3) is 6.85. The molecule has 8 aromatic carbocycles. The number of rotatable bonds is 5. The van der Waals surface area contributed by atoms with Gasteiger partial charge in [0.1, 0.15) is 0 Å². The molecule has 3 aliphatic rings. The average Bonchev–Trinajstić information content (AvgIpc) is 3.49. The van der Waals surface area contributed by atoms with Gasteiger partial charge in [0.05, 0.1) is 5.69 Å². The number of nitrogens with zero attached hydrogens (tertiary/aromatic N) is 2.